The molecule has 0 heterocycles. The molecule has 0 radical (unpaired) electrons. The lowest BCUT2D eigenvalue weighted by Crippen LogP contribution is -2.34. The fourth-order valence-corrected chi connectivity index (χ4v) is 4.24. The fraction of sp³-hybridized carbons (Fsp3) is 0.350. The van der Waals surface area contributed by atoms with Gasteiger partial charge in [0.25, 0.3) is 0 Å². The van der Waals surface area contributed by atoms with E-state index in [1.54, 1.807) is 0 Å². The molecule has 2 aromatic rings. The average Bonchev–Trinajstić information content (AvgIpc) is 2.61. The van der Waals surface area contributed by atoms with Gasteiger partial charge in [-0.1, -0.05) is 78.2 Å². The lowest BCUT2D eigenvalue weighted by molar-refractivity contribution is -0.119. The third-order valence-electron chi connectivity index (χ3n) is 4.05. The summed E-state index contributed by atoms with van der Waals surface area (Å²) < 4.78 is 25.2. The minimum absolute atomic E-state index is 0.0581. The molecule has 0 bridgehead atoms. The Morgan fingerprint density at radius 1 is 1.00 bits per heavy atom. The van der Waals surface area contributed by atoms with Crippen molar-refractivity contribution in [2.24, 2.45) is 0 Å². The molecule has 1 amide bonds. The van der Waals surface area contributed by atoms with Gasteiger partial charge in [-0.15, -0.1) is 0 Å². The van der Waals surface area contributed by atoms with E-state index < -0.39 is 21.5 Å². The van der Waals surface area contributed by atoms with Gasteiger partial charge in [-0.25, -0.2) is 8.42 Å². The lowest BCUT2D eigenvalue weighted by Gasteiger charge is -2.20. The third kappa shape index (κ3) is 6.57. The summed E-state index contributed by atoms with van der Waals surface area (Å²) in [6, 6.07) is 16.8. The van der Waals surface area contributed by atoms with Crippen LogP contribution in [0.2, 0.25) is 0 Å². The van der Waals surface area contributed by atoms with Crippen LogP contribution >= 0.6 is 15.9 Å². The van der Waals surface area contributed by atoms with E-state index in [0.29, 0.717) is 6.42 Å². The molecule has 6 heteroatoms. The third-order valence-corrected chi connectivity index (χ3v) is 6.19. The van der Waals surface area contributed by atoms with Crippen LogP contribution in [0, 0.1) is 0 Å². The predicted molar refractivity (Wildman–Crippen MR) is 109 cm³/mol. The Hall–Kier alpha value is -1.66. The van der Waals surface area contributed by atoms with Crippen molar-refractivity contribution >= 4 is 31.7 Å². The molecule has 1 unspecified atom stereocenters. The van der Waals surface area contributed by atoms with E-state index in [2.05, 4.69) is 21.2 Å². The smallest absolute Gasteiger partial charge is 0.235 e. The first-order chi connectivity index (χ1) is 12.4. The Balaban J connectivity index is 2.14. The number of sulfone groups is 1. The van der Waals surface area contributed by atoms with Crippen LogP contribution in [0.3, 0.4) is 0 Å². The van der Waals surface area contributed by atoms with Crippen LogP contribution in [0.1, 0.15) is 43.4 Å². The van der Waals surface area contributed by atoms with Crippen molar-refractivity contribution in [1.82, 2.24) is 5.32 Å². The Morgan fingerprint density at radius 3 is 2.23 bits per heavy atom. The van der Waals surface area contributed by atoms with Crippen LogP contribution in [0.5, 0.6) is 0 Å². The zero-order valence-corrected chi connectivity index (χ0v) is 17.2. The number of nitrogens with one attached hydrogen (secondary N) is 1. The van der Waals surface area contributed by atoms with E-state index >= 15 is 0 Å². The zero-order chi connectivity index (χ0) is 19.0. The lowest BCUT2D eigenvalue weighted by atomic mass is 9.99. The molecule has 140 valence electrons. The van der Waals surface area contributed by atoms with Crippen molar-refractivity contribution in [3.05, 3.63) is 70.2 Å². The number of halogens is 1. The molecule has 0 saturated carbocycles. The van der Waals surface area contributed by atoms with Crippen LogP contribution < -0.4 is 5.32 Å². The van der Waals surface area contributed by atoms with E-state index in [1.165, 1.54) is 0 Å². The van der Waals surface area contributed by atoms with Crippen LogP contribution in [-0.2, 0) is 14.6 Å². The fourth-order valence-electron chi connectivity index (χ4n) is 2.71. The van der Waals surface area contributed by atoms with Gasteiger partial charge < -0.3 is 5.32 Å². The van der Waals surface area contributed by atoms with E-state index in [1.807, 2.05) is 61.5 Å². The Morgan fingerprint density at radius 2 is 1.62 bits per heavy atom. The molecular weight excluding hydrogens is 414 g/mol. The number of benzene rings is 2. The highest BCUT2D eigenvalue weighted by Gasteiger charge is 2.21. The molecule has 0 fully saturated rings. The number of unbranched alkanes of at least 4 members (excludes halogenated alkanes) is 2. The van der Waals surface area contributed by atoms with E-state index in [4.69, 9.17) is 0 Å². The van der Waals surface area contributed by atoms with Crippen LogP contribution in [0.4, 0.5) is 0 Å². The van der Waals surface area contributed by atoms with Crippen molar-refractivity contribution in [2.45, 2.75) is 32.2 Å². The Bertz CT molecular complexity index is 805. The van der Waals surface area contributed by atoms with Gasteiger partial charge in [0.05, 0.1) is 11.8 Å². The van der Waals surface area contributed by atoms with Crippen LogP contribution in [-0.4, -0.2) is 25.8 Å². The summed E-state index contributed by atoms with van der Waals surface area (Å²) in [5, 5.41) is 2.88. The summed E-state index contributed by atoms with van der Waals surface area (Å²) in [5.74, 6) is -0.891. The summed E-state index contributed by atoms with van der Waals surface area (Å²) in [6.45, 7) is 2.02. The largest absolute Gasteiger partial charge is 0.344 e. The van der Waals surface area contributed by atoms with Gasteiger partial charge in [-0.3, -0.25) is 4.79 Å². The molecule has 1 atom stereocenters. The van der Waals surface area contributed by atoms with Gasteiger partial charge in [0, 0.05) is 4.47 Å². The molecule has 1 N–H and O–H groups in total. The number of hydrogen-bond acceptors (Lipinski definition) is 3. The second-order valence-corrected chi connectivity index (χ2v) is 9.36. The first-order valence-electron chi connectivity index (χ1n) is 8.71. The minimum Gasteiger partial charge on any atom is -0.344 e. The van der Waals surface area contributed by atoms with Crippen molar-refractivity contribution in [2.75, 3.05) is 11.5 Å². The quantitative estimate of drug-likeness (QED) is 0.595. The maximum absolute atomic E-state index is 12.4. The maximum atomic E-state index is 12.4. The van der Waals surface area contributed by atoms with Gasteiger partial charge >= 0.3 is 0 Å². The number of carbonyl (C=O) groups excluding carboxylic acids is 1. The second-order valence-electron chi connectivity index (χ2n) is 6.26. The van der Waals surface area contributed by atoms with Gasteiger partial charge in [0.1, 0.15) is 5.75 Å². The summed E-state index contributed by atoms with van der Waals surface area (Å²) in [5.41, 5.74) is 1.81. The molecule has 4 nitrogen and oxygen atoms in total. The second kappa shape index (κ2) is 9.88. The number of hydrogen-bond donors (Lipinski definition) is 1. The molecule has 2 aromatic carbocycles. The summed E-state index contributed by atoms with van der Waals surface area (Å²) in [4.78, 5) is 12.4. The molecule has 0 aliphatic carbocycles. The molecule has 26 heavy (non-hydrogen) atoms. The summed E-state index contributed by atoms with van der Waals surface area (Å²) in [7, 11) is -3.39. The molecule has 2 rings (SSSR count). The van der Waals surface area contributed by atoms with Crippen LogP contribution in [0.25, 0.3) is 0 Å². The van der Waals surface area contributed by atoms with Gasteiger partial charge in [-0.05, 0) is 29.7 Å². The monoisotopic (exact) mass is 437 g/mol. The van der Waals surface area contributed by atoms with E-state index in [-0.39, 0.29) is 11.8 Å². The highest BCUT2D eigenvalue weighted by atomic mass is 79.9. The molecular formula is C20H24BrNO3S. The maximum Gasteiger partial charge on any atom is 0.235 e. The Kier molecular flexibility index (Phi) is 7.85. The van der Waals surface area contributed by atoms with Gasteiger partial charge in [0.15, 0.2) is 9.84 Å². The van der Waals surface area contributed by atoms with Crippen molar-refractivity contribution in [3.63, 3.8) is 0 Å². The first kappa shape index (κ1) is 20.6. The number of rotatable bonds is 9. The molecule has 0 spiro atoms. The molecule has 0 aromatic heterocycles. The Labute approximate surface area is 164 Å². The minimum atomic E-state index is -3.39. The summed E-state index contributed by atoms with van der Waals surface area (Å²) in [6.07, 6.45) is 2.40. The van der Waals surface area contributed by atoms with E-state index in [0.717, 1.165) is 28.4 Å². The molecule has 0 saturated heterocycles. The van der Waals surface area contributed by atoms with Crippen molar-refractivity contribution in [1.29, 1.82) is 0 Å². The van der Waals surface area contributed by atoms with Gasteiger partial charge in [-0.2, -0.15) is 0 Å². The number of amides is 1. The number of carbonyl (C=O) groups is 1. The topological polar surface area (TPSA) is 63.2 Å². The highest BCUT2D eigenvalue weighted by molar-refractivity contribution is 9.10. The summed E-state index contributed by atoms with van der Waals surface area (Å²) >= 11 is 3.40. The normalized spacial score (nSPS) is 12.5. The zero-order valence-electron chi connectivity index (χ0n) is 14.8. The first-order valence-corrected chi connectivity index (χ1v) is 11.3. The van der Waals surface area contributed by atoms with E-state index in [9.17, 15) is 13.2 Å². The SMILES string of the molecule is CCCCCS(=O)(=O)CC(=O)NC(c1ccccc1)c1ccc(Br)cc1. The average molecular weight is 438 g/mol. The van der Waals surface area contributed by atoms with Crippen molar-refractivity contribution < 1.29 is 13.2 Å². The molecule has 0 aliphatic heterocycles. The standard InChI is InChI=1S/C20H24BrNO3S/c1-2-3-7-14-26(24,25)15-19(23)22-20(16-8-5-4-6-9-16)17-10-12-18(21)13-11-17/h4-6,8-13,20H,2-3,7,14-15H2,1H3,(H,22,23). The van der Waals surface area contributed by atoms with Gasteiger partial charge in [0.2, 0.25) is 5.91 Å². The molecule has 0 aliphatic rings. The predicted octanol–water partition coefficient (Wildman–Crippen LogP) is 4.26. The van der Waals surface area contributed by atoms with Crippen molar-refractivity contribution in [3.8, 4) is 0 Å². The highest BCUT2D eigenvalue weighted by Crippen LogP contribution is 2.23. The van der Waals surface area contributed by atoms with Crippen LogP contribution in [0.15, 0.2) is 59.1 Å².